The number of Topliss-reactive ketones (excluding diaryl/α,β-unsaturated/α-hetero) is 1. The first-order valence-corrected chi connectivity index (χ1v) is 9.28. The number of carbonyl (C=O) groups is 2. The van der Waals surface area contributed by atoms with Gasteiger partial charge < -0.3 is 5.11 Å². The number of hydrogen-bond acceptors (Lipinski definition) is 7. The van der Waals surface area contributed by atoms with Crippen LogP contribution in [-0.4, -0.2) is 31.7 Å². The summed E-state index contributed by atoms with van der Waals surface area (Å²) in [5, 5.41) is 22.0. The number of rotatable bonds is 4. The molecule has 154 valence electrons. The minimum atomic E-state index is -1.05. The zero-order chi connectivity index (χ0) is 22.1. The molecule has 0 unspecified atom stereocenters. The second kappa shape index (κ2) is 7.79. The number of amides is 1. The fraction of sp³-hybridized carbons (Fsp3) is 0.0909. The summed E-state index contributed by atoms with van der Waals surface area (Å²) in [6.07, 6.45) is 2.85. The first-order chi connectivity index (χ1) is 14.9. The van der Waals surface area contributed by atoms with Gasteiger partial charge >= 0.3 is 5.91 Å². The van der Waals surface area contributed by atoms with Crippen molar-refractivity contribution in [3.05, 3.63) is 99.4 Å². The second-order valence-electron chi connectivity index (χ2n) is 6.93. The Labute approximate surface area is 176 Å². The van der Waals surface area contributed by atoms with E-state index in [4.69, 9.17) is 0 Å². The number of hydrogen-bond donors (Lipinski definition) is 1. The molecule has 0 aliphatic carbocycles. The van der Waals surface area contributed by atoms with E-state index < -0.39 is 22.7 Å². The Kier molecular flexibility index (Phi) is 5.00. The minimum absolute atomic E-state index is 0.0177. The molecule has 1 aliphatic rings. The van der Waals surface area contributed by atoms with Crippen molar-refractivity contribution >= 4 is 29.1 Å². The summed E-state index contributed by atoms with van der Waals surface area (Å²) in [6.45, 7) is 1.88. The molecule has 1 atom stereocenters. The summed E-state index contributed by atoms with van der Waals surface area (Å²) in [4.78, 5) is 45.6. The SMILES string of the molecule is Cc1ccc(/C(O)=C2\C(=O)C(=O)N(c3ncccn3)[C@H]2c2ccc([N+](=O)[O-])cc2)cc1. The minimum Gasteiger partial charge on any atom is -0.507 e. The number of nitro benzene ring substituents is 1. The Balaban J connectivity index is 1.92. The van der Waals surface area contributed by atoms with Crippen molar-refractivity contribution in [3.63, 3.8) is 0 Å². The predicted molar refractivity (Wildman–Crippen MR) is 111 cm³/mol. The van der Waals surface area contributed by atoms with Crippen molar-refractivity contribution in [2.45, 2.75) is 13.0 Å². The molecule has 3 aromatic rings. The molecule has 0 spiro atoms. The van der Waals surface area contributed by atoms with Gasteiger partial charge in [-0.25, -0.2) is 9.97 Å². The largest absolute Gasteiger partial charge is 0.507 e. The summed E-state index contributed by atoms with van der Waals surface area (Å²) >= 11 is 0. The summed E-state index contributed by atoms with van der Waals surface area (Å²) in [6, 6.07) is 12.8. The summed E-state index contributed by atoms with van der Waals surface area (Å²) in [5.41, 5.74) is 1.43. The highest BCUT2D eigenvalue weighted by molar-refractivity contribution is 6.51. The average Bonchev–Trinajstić information content (AvgIpc) is 3.05. The molecule has 31 heavy (non-hydrogen) atoms. The molecule has 9 heteroatoms. The molecule has 1 saturated heterocycles. The van der Waals surface area contributed by atoms with Crippen molar-refractivity contribution in [3.8, 4) is 0 Å². The van der Waals surface area contributed by atoms with Gasteiger partial charge in [0, 0.05) is 30.1 Å². The Hall–Kier alpha value is -4.40. The van der Waals surface area contributed by atoms with Gasteiger partial charge in [-0.15, -0.1) is 0 Å². The van der Waals surface area contributed by atoms with Gasteiger partial charge in [-0.05, 0) is 30.7 Å². The van der Waals surface area contributed by atoms with Crippen LogP contribution < -0.4 is 4.90 Å². The van der Waals surface area contributed by atoms with Crippen LogP contribution in [0.15, 0.2) is 72.6 Å². The third-order valence-corrected chi connectivity index (χ3v) is 4.96. The van der Waals surface area contributed by atoms with E-state index >= 15 is 0 Å². The molecule has 1 amide bonds. The van der Waals surface area contributed by atoms with E-state index in [1.54, 1.807) is 30.3 Å². The van der Waals surface area contributed by atoms with Crippen molar-refractivity contribution < 1.29 is 19.6 Å². The van der Waals surface area contributed by atoms with Crippen molar-refractivity contribution in [1.29, 1.82) is 0 Å². The Morgan fingerprint density at radius 1 is 1.03 bits per heavy atom. The standard InChI is InChI=1S/C22H16N4O5/c1-13-3-5-15(6-4-13)19(27)17-18(14-7-9-16(10-8-14)26(30)31)25(21(29)20(17)28)22-23-11-2-12-24-22/h2-12,18,27H,1H3/b19-17+/t18-/m0/s1. The molecule has 2 aromatic carbocycles. The van der Waals surface area contributed by atoms with Crippen LogP contribution >= 0.6 is 0 Å². The molecule has 1 N–H and O–H groups in total. The monoisotopic (exact) mass is 416 g/mol. The fourth-order valence-electron chi connectivity index (χ4n) is 3.42. The lowest BCUT2D eigenvalue weighted by Gasteiger charge is -2.23. The third-order valence-electron chi connectivity index (χ3n) is 4.96. The van der Waals surface area contributed by atoms with Crippen LogP contribution in [0, 0.1) is 17.0 Å². The predicted octanol–water partition coefficient (Wildman–Crippen LogP) is 3.32. The maximum Gasteiger partial charge on any atom is 0.302 e. The number of nitro groups is 1. The van der Waals surface area contributed by atoms with E-state index in [2.05, 4.69) is 9.97 Å². The lowest BCUT2D eigenvalue weighted by Crippen LogP contribution is -2.31. The lowest BCUT2D eigenvalue weighted by atomic mass is 9.95. The molecule has 0 saturated carbocycles. The smallest absolute Gasteiger partial charge is 0.302 e. The Morgan fingerprint density at radius 3 is 2.23 bits per heavy atom. The molecule has 9 nitrogen and oxygen atoms in total. The molecule has 4 rings (SSSR count). The first kappa shape index (κ1) is 19.9. The van der Waals surface area contributed by atoms with E-state index in [0.29, 0.717) is 11.1 Å². The highest BCUT2D eigenvalue weighted by atomic mass is 16.6. The van der Waals surface area contributed by atoms with Crippen molar-refractivity contribution in [2.24, 2.45) is 0 Å². The van der Waals surface area contributed by atoms with Gasteiger partial charge in [0.25, 0.3) is 11.5 Å². The highest BCUT2D eigenvalue weighted by Gasteiger charge is 2.48. The van der Waals surface area contributed by atoms with Crippen LogP contribution in [0.5, 0.6) is 0 Å². The number of aliphatic hydroxyl groups excluding tert-OH is 1. The van der Waals surface area contributed by atoms with Crippen molar-refractivity contribution in [2.75, 3.05) is 4.90 Å². The Morgan fingerprint density at radius 2 is 1.65 bits per heavy atom. The molecule has 1 aliphatic heterocycles. The van der Waals surface area contributed by atoms with Gasteiger partial charge in [-0.2, -0.15) is 0 Å². The fourth-order valence-corrected chi connectivity index (χ4v) is 3.42. The van der Waals surface area contributed by atoms with E-state index in [1.165, 1.54) is 36.7 Å². The van der Waals surface area contributed by atoms with Crippen LogP contribution in [0.25, 0.3) is 5.76 Å². The Bertz CT molecular complexity index is 1200. The average molecular weight is 416 g/mol. The molecule has 1 fully saturated rings. The number of aryl methyl sites for hydroxylation is 1. The summed E-state index contributed by atoms with van der Waals surface area (Å²) in [5.74, 6) is -2.16. The van der Waals surface area contributed by atoms with Crippen LogP contribution in [0.2, 0.25) is 0 Å². The molecular weight excluding hydrogens is 400 g/mol. The zero-order valence-electron chi connectivity index (χ0n) is 16.3. The van der Waals surface area contributed by atoms with E-state index in [1.807, 2.05) is 6.92 Å². The number of nitrogens with zero attached hydrogens (tertiary/aromatic N) is 4. The van der Waals surface area contributed by atoms with Gasteiger partial charge in [0.2, 0.25) is 5.95 Å². The van der Waals surface area contributed by atoms with Crippen LogP contribution in [0.4, 0.5) is 11.6 Å². The van der Waals surface area contributed by atoms with Crippen LogP contribution in [-0.2, 0) is 9.59 Å². The number of carbonyl (C=O) groups excluding carboxylic acids is 2. The number of benzene rings is 2. The second-order valence-corrected chi connectivity index (χ2v) is 6.93. The van der Waals surface area contributed by atoms with Crippen LogP contribution in [0.3, 0.4) is 0 Å². The molecular formula is C22H16N4O5. The maximum atomic E-state index is 13.0. The number of aromatic nitrogens is 2. The molecule has 0 bridgehead atoms. The summed E-state index contributed by atoms with van der Waals surface area (Å²) in [7, 11) is 0. The first-order valence-electron chi connectivity index (χ1n) is 9.28. The van der Waals surface area contributed by atoms with Crippen molar-refractivity contribution in [1.82, 2.24) is 9.97 Å². The maximum absolute atomic E-state index is 13.0. The molecule has 1 aromatic heterocycles. The van der Waals surface area contributed by atoms with E-state index in [9.17, 15) is 24.8 Å². The molecule has 2 heterocycles. The number of non-ortho nitro benzene ring substituents is 1. The number of ketones is 1. The van der Waals surface area contributed by atoms with Crippen LogP contribution in [0.1, 0.15) is 22.7 Å². The third kappa shape index (κ3) is 3.52. The zero-order valence-corrected chi connectivity index (χ0v) is 16.3. The number of aliphatic hydroxyl groups is 1. The van der Waals surface area contributed by atoms with Gasteiger partial charge in [0.15, 0.2) is 0 Å². The van der Waals surface area contributed by atoms with E-state index in [-0.39, 0.29) is 23.0 Å². The molecule has 0 radical (unpaired) electrons. The van der Waals surface area contributed by atoms with Gasteiger partial charge in [-0.1, -0.05) is 29.8 Å². The quantitative estimate of drug-likeness (QED) is 0.227. The van der Waals surface area contributed by atoms with E-state index in [0.717, 1.165) is 10.5 Å². The summed E-state index contributed by atoms with van der Waals surface area (Å²) < 4.78 is 0. The topological polar surface area (TPSA) is 127 Å². The van der Waals surface area contributed by atoms with Gasteiger partial charge in [0.05, 0.1) is 16.5 Å². The van der Waals surface area contributed by atoms with Gasteiger partial charge in [0.1, 0.15) is 5.76 Å². The highest BCUT2D eigenvalue weighted by Crippen LogP contribution is 2.41. The van der Waals surface area contributed by atoms with Gasteiger partial charge in [-0.3, -0.25) is 24.6 Å². The lowest BCUT2D eigenvalue weighted by molar-refractivity contribution is -0.384. The normalized spacial score (nSPS) is 17.7. The number of anilines is 1.